The molecule has 26 heavy (non-hydrogen) atoms. The monoisotopic (exact) mass is 348 g/mol. The number of fused-ring (bicyclic) bond motifs is 1. The zero-order chi connectivity index (χ0) is 17.9. The number of rotatable bonds is 5. The number of hydrogen-bond donors (Lipinski definition) is 1. The van der Waals surface area contributed by atoms with Gasteiger partial charge in [-0.05, 0) is 41.9 Å². The van der Waals surface area contributed by atoms with Crippen molar-refractivity contribution in [3.8, 4) is 0 Å². The van der Waals surface area contributed by atoms with E-state index in [-0.39, 0.29) is 5.91 Å². The molecule has 1 heterocycles. The van der Waals surface area contributed by atoms with E-state index in [1.165, 1.54) is 16.7 Å². The zero-order valence-electron chi connectivity index (χ0n) is 15.5. The van der Waals surface area contributed by atoms with Gasteiger partial charge in [-0.3, -0.25) is 4.79 Å². The first-order valence-electron chi connectivity index (χ1n) is 9.86. The lowest BCUT2D eigenvalue weighted by molar-refractivity contribution is -0.130. The Morgan fingerprint density at radius 1 is 1.12 bits per heavy atom. The molecule has 136 valence electrons. The molecule has 0 bridgehead atoms. The molecule has 1 saturated heterocycles. The molecule has 1 aliphatic carbocycles. The summed E-state index contributed by atoms with van der Waals surface area (Å²) in [5.74, 6) is 0.910. The van der Waals surface area contributed by atoms with Gasteiger partial charge in [0.05, 0.1) is 0 Å². The Labute approximate surface area is 156 Å². The Hall–Kier alpha value is -2.13. The van der Waals surface area contributed by atoms with Crippen LogP contribution in [-0.2, 0) is 17.6 Å². The first kappa shape index (κ1) is 17.3. The fourth-order valence-electron chi connectivity index (χ4n) is 4.48. The summed E-state index contributed by atoms with van der Waals surface area (Å²) in [7, 11) is 0. The van der Waals surface area contributed by atoms with Crippen LogP contribution < -0.4 is 5.32 Å². The smallest absolute Gasteiger partial charge is 0.222 e. The van der Waals surface area contributed by atoms with Crippen LogP contribution >= 0.6 is 0 Å². The van der Waals surface area contributed by atoms with Crippen molar-refractivity contribution in [1.29, 1.82) is 0 Å². The second-order valence-electron chi connectivity index (χ2n) is 7.84. The number of carbonyl (C=O) groups excluding carboxylic acids is 1. The standard InChI is InChI=1S/C23H28N2O/c1-17-15-19-9-5-6-10-21(19)23(17)24-20-13-14-25(16-20)22(26)12-11-18-7-3-2-4-8-18/h2-10,17,20,23-24H,11-16H2,1H3. The summed E-state index contributed by atoms with van der Waals surface area (Å²) in [5, 5.41) is 3.85. The number of carbonyl (C=O) groups is 1. The number of hydrogen-bond acceptors (Lipinski definition) is 2. The number of amides is 1. The molecule has 1 amide bonds. The van der Waals surface area contributed by atoms with Crippen LogP contribution in [0.2, 0.25) is 0 Å². The van der Waals surface area contributed by atoms with E-state index in [0.29, 0.717) is 24.4 Å². The van der Waals surface area contributed by atoms with Crippen molar-refractivity contribution in [2.75, 3.05) is 13.1 Å². The molecule has 2 aromatic rings. The van der Waals surface area contributed by atoms with E-state index in [1.54, 1.807) is 0 Å². The van der Waals surface area contributed by atoms with Crippen molar-refractivity contribution in [1.82, 2.24) is 10.2 Å². The SMILES string of the molecule is CC1Cc2ccccc2C1NC1CCN(C(=O)CCc2ccccc2)C1. The van der Waals surface area contributed by atoms with E-state index in [0.717, 1.165) is 32.4 Å². The first-order chi connectivity index (χ1) is 12.7. The number of nitrogens with zero attached hydrogens (tertiary/aromatic N) is 1. The maximum atomic E-state index is 12.6. The van der Waals surface area contributed by atoms with E-state index >= 15 is 0 Å². The molecule has 0 aromatic heterocycles. The van der Waals surface area contributed by atoms with Crippen LogP contribution in [0.4, 0.5) is 0 Å². The van der Waals surface area contributed by atoms with Crippen molar-refractivity contribution in [3.05, 3.63) is 71.3 Å². The number of nitrogens with one attached hydrogen (secondary N) is 1. The lowest BCUT2D eigenvalue weighted by Gasteiger charge is -2.24. The van der Waals surface area contributed by atoms with Crippen LogP contribution in [0.25, 0.3) is 0 Å². The zero-order valence-corrected chi connectivity index (χ0v) is 15.5. The number of likely N-dealkylation sites (tertiary alicyclic amines) is 1. The van der Waals surface area contributed by atoms with Crippen molar-refractivity contribution in [3.63, 3.8) is 0 Å². The molecule has 3 atom stereocenters. The van der Waals surface area contributed by atoms with Gasteiger partial charge >= 0.3 is 0 Å². The minimum absolute atomic E-state index is 0.290. The third-order valence-corrected chi connectivity index (χ3v) is 5.93. The molecule has 1 aliphatic heterocycles. The quantitative estimate of drug-likeness (QED) is 0.893. The summed E-state index contributed by atoms with van der Waals surface area (Å²) in [5.41, 5.74) is 4.17. The van der Waals surface area contributed by atoms with E-state index in [1.807, 2.05) is 23.1 Å². The molecule has 2 aliphatic rings. The lowest BCUT2D eigenvalue weighted by Crippen LogP contribution is -2.38. The molecule has 0 saturated carbocycles. The summed E-state index contributed by atoms with van der Waals surface area (Å²) < 4.78 is 0. The summed E-state index contributed by atoms with van der Waals surface area (Å²) in [6, 6.07) is 19.9. The predicted molar refractivity (Wildman–Crippen MR) is 105 cm³/mol. The Kier molecular flexibility index (Phi) is 5.07. The van der Waals surface area contributed by atoms with Crippen LogP contribution in [0.15, 0.2) is 54.6 Å². The average Bonchev–Trinajstić information content (AvgIpc) is 3.26. The van der Waals surface area contributed by atoms with Crippen LogP contribution in [-0.4, -0.2) is 29.9 Å². The normalized spacial score (nSPS) is 24.7. The molecule has 3 nitrogen and oxygen atoms in total. The topological polar surface area (TPSA) is 32.3 Å². The van der Waals surface area contributed by atoms with Gasteiger partial charge < -0.3 is 10.2 Å². The highest BCUT2D eigenvalue weighted by atomic mass is 16.2. The van der Waals surface area contributed by atoms with Crippen molar-refractivity contribution >= 4 is 5.91 Å². The number of benzene rings is 2. The summed E-state index contributed by atoms with van der Waals surface area (Å²) >= 11 is 0. The molecule has 3 unspecified atom stereocenters. The van der Waals surface area contributed by atoms with Crippen LogP contribution in [0.1, 0.15) is 42.5 Å². The minimum Gasteiger partial charge on any atom is -0.341 e. The summed E-state index contributed by atoms with van der Waals surface area (Å²) in [4.78, 5) is 14.6. The highest BCUT2D eigenvalue weighted by molar-refractivity contribution is 5.76. The predicted octanol–water partition coefficient (Wildman–Crippen LogP) is 3.74. The summed E-state index contributed by atoms with van der Waals surface area (Å²) in [6.07, 6.45) is 3.66. The first-order valence-corrected chi connectivity index (χ1v) is 9.86. The average molecular weight is 348 g/mol. The van der Waals surface area contributed by atoms with Gasteiger partial charge in [0, 0.05) is 31.6 Å². The van der Waals surface area contributed by atoms with Gasteiger partial charge in [0.25, 0.3) is 0 Å². The Bertz CT molecular complexity index is 758. The molecule has 0 radical (unpaired) electrons. The van der Waals surface area contributed by atoms with Gasteiger partial charge in [0.2, 0.25) is 5.91 Å². The fourth-order valence-corrected chi connectivity index (χ4v) is 4.48. The fraction of sp³-hybridized carbons (Fsp3) is 0.435. The number of aryl methyl sites for hydroxylation is 1. The van der Waals surface area contributed by atoms with Gasteiger partial charge in [-0.25, -0.2) is 0 Å². The van der Waals surface area contributed by atoms with Gasteiger partial charge in [-0.2, -0.15) is 0 Å². The lowest BCUT2D eigenvalue weighted by atomic mass is 10.0. The van der Waals surface area contributed by atoms with Gasteiger partial charge in [0.15, 0.2) is 0 Å². The molecule has 4 rings (SSSR count). The Morgan fingerprint density at radius 2 is 1.88 bits per heavy atom. The second kappa shape index (κ2) is 7.63. The second-order valence-corrected chi connectivity index (χ2v) is 7.84. The van der Waals surface area contributed by atoms with Crippen LogP contribution in [0.3, 0.4) is 0 Å². The Balaban J connectivity index is 1.30. The molecule has 0 spiro atoms. The van der Waals surface area contributed by atoms with Gasteiger partial charge in [0.1, 0.15) is 0 Å². The van der Waals surface area contributed by atoms with Crippen LogP contribution in [0.5, 0.6) is 0 Å². The maximum Gasteiger partial charge on any atom is 0.222 e. The third-order valence-electron chi connectivity index (χ3n) is 5.93. The van der Waals surface area contributed by atoms with E-state index in [4.69, 9.17) is 0 Å². The van der Waals surface area contributed by atoms with Gasteiger partial charge in [-0.1, -0.05) is 61.5 Å². The molecular weight excluding hydrogens is 320 g/mol. The van der Waals surface area contributed by atoms with Crippen molar-refractivity contribution in [2.24, 2.45) is 5.92 Å². The maximum absolute atomic E-state index is 12.6. The third kappa shape index (κ3) is 3.68. The Morgan fingerprint density at radius 3 is 2.73 bits per heavy atom. The highest BCUT2D eigenvalue weighted by Crippen LogP contribution is 2.36. The molecule has 1 N–H and O–H groups in total. The highest BCUT2D eigenvalue weighted by Gasteiger charge is 2.33. The minimum atomic E-state index is 0.290. The van der Waals surface area contributed by atoms with E-state index in [2.05, 4.69) is 48.6 Å². The van der Waals surface area contributed by atoms with Crippen molar-refractivity contribution < 1.29 is 4.79 Å². The van der Waals surface area contributed by atoms with E-state index < -0.39 is 0 Å². The summed E-state index contributed by atoms with van der Waals surface area (Å²) in [6.45, 7) is 4.06. The van der Waals surface area contributed by atoms with Gasteiger partial charge in [-0.15, -0.1) is 0 Å². The van der Waals surface area contributed by atoms with E-state index in [9.17, 15) is 4.79 Å². The molecule has 3 heteroatoms. The molecule has 1 fully saturated rings. The molecular formula is C23H28N2O. The largest absolute Gasteiger partial charge is 0.341 e. The van der Waals surface area contributed by atoms with Crippen LogP contribution in [0, 0.1) is 5.92 Å². The van der Waals surface area contributed by atoms with Crippen molar-refractivity contribution in [2.45, 2.75) is 44.7 Å². The molecule has 2 aromatic carbocycles.